The van der Waals surface area contributed by atoms with Crippen LogP contribution in [0.1, 0.15) is 6.92 Å². The average Bonchev–Trinajstić information content (AvgIpc) is 2.56. The van der Waals surface area contributed by atoms with Crippen molar-refractivity contribution < 1.29 is 17.9 Å². The lowest BCUT2D eigenvalue weighted by Gasteiger charge is -2.28. The van der Waals surface area contributed by atoms with E-state index < -0.39 is 22.0 Å². The van der Waals surface area contributed by atoms with Crippen LogP contribution < -0.4 is 14.4 Å². The van der Waals surface area contributed by atoms with Gasteiger partial charge in [0.2, 0.25) is 15.9 Å². The van der Waals surface area contributed by atoms with E-state index in [9.17, 15) is 13.2 Å². The molecule has 0 spiro atoms. The van der Waals surface area contributed by atoms with E-state index in [0.29, 0.717) is 22.1 Å². The Morgan fingerprint density at radius 3 is 2.28 bits per heavy atom. The largest absolute Gasteiger partial charge is 0.497 e. The van der Waals surface area contributed by atoms with Crippen molar-refractivity contribution in [3.8, 4) is 5.75 Å². The predicted octanol–water partition coefficient (Wildman–Crippen LogP) is 3.14. The minimum Gasteiger partial charge on any atom is -0.497 e. The van der Waals surface area contributed by atoms with Gasteiger partial charge in [0.15, 0.2) is 0 Å². The maximum Gasteiger partial charge on any atom is 0.248 e. The van der Waals surface area contributed by atoms with Gasteiger partial charge >= 0.3 is 0 Å². The highest BCUT2D eigenvalue weighted by atomic mass is 35.5. The minimum atomic E-state index is -3.69. The molecule has 0 aromatic heterocycles. The molecule has 134 valence electrons. The first-order chi connectivity index (χ1) is 11.7. The zero-order valence-corrected chi connectivity index (χ0v) is 15.6. The Balaban J connectivity index is 2.31. The molecule has 1 amide bonds. The van der Waals surface area contributed by atoms with Gasteiger partial charge in [-0.15, -0.1) is 0 Å². The number of hydrogen-bond donors (Lipinski definition) is 1. The molecule has 1 atom stereocenters. The molecular weight excluding hydrogens is 364 g/mol. The summed E-state index contributed by atoms with van der Waals surface area (Å²) in [7, 11) is -2.17. The number of ether oxygens (including phenoxy) is 1. The van der Waals surface area contributed by atoms with Gasteiger partial charge in [0.25, 0.3) is 0 Å². The van der Waals surface area contributed by atoms with Crippen LogP contribution in [0.4, 0.5) is 11.4 Å². The van der Waals surface area contributed by atoms with Gasteiger partial charge in [-0.3, -0.25) is 9.10 Å². The highest BCUT2D eigenvalue weighted by molar-refractivity contribution is 7.92. The molecule has 0 radical (unpaired) electrons. The lowest BCUT2D eigenvalue weighted by Crippen LogP contribution is -2.45. The number of anilines is 2. The number of benzene rings is 2. The van der Waals surface area contributed by atoms with Crippen LogP contribution in [0.2, 0.25) is 5.02 Å². The first-order valence-corrected chi connectivity index (χ1v) is 9.65. The van der Waals surface area contributed by atoms with Gasteiger partial charge in [-0.1, -0.05) is 23.7 Å². The van der Waals surface area contributed by atoms with E-state index in [2.05, 4.69) is 5.32 Å². The molecule has 2 aromatic rings. The van der Waals surface area contributed by atoms with Crippen LogP contribution >= 0.6 is 11.6 Å². The van der Waals surface area contributed by atoms with E-state index in [-0.39, 0.29) is 0 Å². The first kappa shape index (κ1) is 19.1. The zero-order valence-electron chi connectivity index (χ0n) is 14.1. The van der Waals surface area contributed by atoms with Crippen LogP contribution in [-0.2, 0) is 14.8 Å². The molecule has 2 rings (SSSR count). The summed E-state index contributed by atoms with van der Waals surface area (Å²) in [6, 6.07) is 12.2. The Kier molecular flexibility index (Phi) is 5.92. The Labute approximate surface area is 152 Å². The van der Waals surface area contributed by atoms with Crippen LogP contribution in [0.15, 0.2) is 48.5 Å². The Morgan fingerprint density at radius 2 is 1.76 bits per heavy atom. The third-order valence-electron chi connectivity index (χ3n) is 3.55. The van der Waals surface area contributed by atoms with Gasteiger partial charge < -0.3 is 10.1 Å². The summed E-state index contributed by atoms with van der Waals surface area (Å²) in [6.07, 6.45) is 1.05. The molecule has 0 aliphatic rings. The number of halogens is 1. The Hall–Kier alpha value is -2.25. The lowest BCUT2D eigenvalue weighted by atomic mass is 10.2. The van der Waals surface area contributed by atoms with Crippen LogP contribution in [0.3, 0.4) is 0 Å². The minimum absolute atomic E-state index is 0.366. The lowest BCUT2D eigenvalue weighted by molar-refractivity contribution is -0.116. The molecule has 0 saturated heterocycles. The normalized spacial score (nSPS) is 12.3. The highest BCUT2D eigenvalue weighted by Gasteiger charge is 2.29. The van der Waals surface area contributed by atoms with Crippen molar-refractivity contribution in [2.45, 2.75) is 13.0 Å². The number of amides is 1. The number of carbonyl (C=O) groups is 1. The van der Waals surface area contributed by atoms with Crippen LogP contribution in [-0.4, -0.2) is 33.7 Å². The Bertz CT molecular complexity index is 853. The van der Waals surface area contributed by atoms with E-state index in [1.54, 1.807) is 48.5 Å². The second-order valence-electron chi connectivity index (χ2n) is 5.40. The van der Waals surface area contributed by atoms with Crippen molar-refractivity contribution in [2.24, 2.45) is 0 Å². The van der Waals surface area contributed by atoms with E-state index in [1.165, 1.54) is 14.0 Å². The fourth-order valence-electron chi connectivity index (χ4n) is 2.34. The molecule has 0 saturated carbocycles. The van der Waals surface area contributed by atoms with E-state index in [4.69, 9.17) is 16.3 Å². The van der Waals surface area contributed by atoms with Gasteiger partial charge in [0.1, 0.15) is 11.8 Å². The number of sulfonamides is 1. The molecule has 0 aliphatic carbocycles. The topological polar surface area (TPSA) is 75.7 Å². The van der Waals surface area contributed by atoms with Crippen molar-refractivity contribution in [1.82, 2.24) is 0 Å². The van der Waals surface area contributed by atoms with Crippen molar-refractivity contribution in [2.75, 3.05) is 23.0 Å². The zero-order chi connectivity index (χ0) is 18.6. The third-order valence-corrected chi connectivity index (χ3v) is 5.12. The van der Waals surface area contributed by atoms with Crippen LogP contribution in [0.5, 0.6) is 5.75 Å². The molecular formula is C17H19ClN2O4S. The first-order valence-electron chi connectivity index (χ1n) is 7.43. The van der Waals surface area contributed by atoms with Gasteiger partial charge in [-0.2, -0.15) is 0 Å². The number of nitrogens with zero attached hydrogens (tertiary/aromatic N) is 1. The molecule has 6 nitrogen and oxygen atoms in total. The molecule has 8 heteroatoms. The number of hydrogen-bond acceptors (Lipinski definition) is 4. The quantitative estimate of drug-likeness (QED) is 0.832. The van der Waals surface area contributed by atoms with E-state index >= 15 is 0 Å². The number of nitrogens with one attached hydrogen (secondary N) is 1. The number of methoxy groups -OCH3 is 1. The van der Waals surface area contributed by atoms with E-state index in [1.807, 2.05) is 0 Å². The molecule has 0 aliphatic heterocycles. The fraction of sp³-hybridized carbons (Fsp3) is 0.235. The summed E-state index contributed by atoms with van der Waals surface area (Å²) in [5.41, 5.74) is 0.786. The fourth-order valence-corrected chi connectivity index (χ4v) is 3.70. The van der Waals surface area contributed by atoms with Gasteiger partial charge in [0, 0.05) is 0 Å². The molecule has 0 bridgehead atoms. The van der Waals surface area contributed by atoms with Gasteiger partial charge in [-0.05, 0) is 43.3 Å². The maximum absolute atomic E-state index is 12.5. The third kappa shape index (κ3) is 4.64. The summed E-state index contributed by atoms with van der Waals surface area (Å²) in [5, 5.41) is 3.03. The SMILES string of the molecule is COc1ccc(N(C(C)C(=O)Nc2ccccc2Cl)S(C)(=O)=O)cc1. The smallest absolute Gasteiger partial charge is 0.248 e. The average molecular weight is 383 g/mol. The molecule has 0 heterocycles. The van der Waals surface area contributed by atoms with Crippen molar-refractivity contribution in [3.05, 3.63) is 53.6 Å². The van der Waals surface area contributed by atoms with Crippen LogP contribution in [0, 0.1) is 0 Å². The van der Waals surface area contributed by atoms with Crippen molar-refractivity contribution >= 4 is 38.9 Å². The summed E-state index contributed by atoms with van der Waals surface area (Å²) in [6.45, 7) is 1.51. The van der Waals surface area contributed by atoms with Gasteiger partial charge in [0.05, 0.1) is 29.8 Å². The monoisotopic (exact) mass is 382 g/mol. The molecule has 1 N–H and O–H groups in total. The highest BCUT2D eigenvalue weighted by Crippen LogP contribution is 2.25. The maximum atomic E-state index is 12.5. The summed E-state index contributed by atoms with van der Waals surface area (Å²) < 4.78 is 30.6. The molecule has 0 fully saturated rings. The summed E-state index contributed by atoms with van der Waals surface area (Å²) >= 11 is 6.03. The number of carbonyl (C=O) groups excluding carboxylic acids is 1. The standard InChI is InChI=1S/C17H19ClN2O4S/c1-12(17(21)19-16-7-5-4-6-15(16)18)20(25(3,22)23)13-8-10-14(24-2)11-9-13/h4-12H,1-3H3,(H,19,21). The molecule has 1 unspecified atom stereocenters. The summed E-state index contributed by atoms with van der Waals surface area (Å²) in [4.78, 5) is 12.5. The predicted molar refractivity (Wildman–Crippen MR) is 99.9 cm³/mol. The number of para-hydroxylation sites is 1. The van der Waals surface area contributed by atoms with Crippen molar-refractivity contribution in [1.29, 1.82) is 0 Å². The van der Waals surface area contributed by atoms with Gasteiger partial charge in [-0.25, -0.2) is 8.42 Å². The second-order valence-corrected chi connectivity index (χ2v) is 7.67. The number of rotatable bonds is 6. The van der Waals surface area contributed by atoms with Crippen LogP contribution in [0.25, 0.3) is 0 Å². The second kappa shape index (κ2) is 7.76. The summed E-state index contributed by atoms with van der Waals surface area (Å²) in [5.74, 6) is 0.0970. The molecule has 2 aromatic carbocycles. The van der Waals surface area contributed by atoms with Crippen molar-refractivity contribution in [3.63, 3.8) is 0 Å². The van der Waals surface area contributed by atoms with E-state index in [0.717, 1.165) is 10.6 Å². The molecule has 25 heavy (non-hydrogen) atoms. The Morgan fingerprint density at radius 1 is 1.16 bits per heavy atom.